The van der Waals surface area contributed by atoms with Gasteiger partial charge in [-0.05, 0) is 18.2 Å². The highest BCUT2D eigenvalue weighted by molar-refractivity contribution is 9.10. The van der Waals surface area contributed by atoms with Crippen LogP contribution < -0.4 is 5.32 Å². The van der Waals surface area contributed by atoms with Gasteiger partial charge in [-0.1, -0.05) is 29.8 Å². The summed E-state index contributed by atoms with van der Waals surface area (Å²) in [5, 5.41) is 5.98. The van der Waals surface area contributed by atoms with E-state index in [0.717, 1.165) is 15.2 Å². The van der Waals surface area contributed by atoms with Crippen molar-refractivity contribution in [2.24, 2.45) is 0 Å². The monoisotopic (exact) mass is 328 g/mol. The lowest BCUT2D eigenvalue weighted by atomic mass is 10.2. The molecule has 1 heterocycles. The second-order valence-electron chi connectivity index (χ2n) is 4.30. The number of halogens is 2. The van der Waals surface area contributed by atoms with Crippen molar-refractivity contribution in [3.63, 3.8) is 0 Å². The van der Waals surface area contributed by atoms with Gasteiger partial charge in [0.1, 0.15) is 10.8 Å². The molecule has 1 aromatic heterocycles. The molecule has 2 aromatic rings. The number of rotatable bonds is 4. The van der Waals surface area contributed by atoms with Crippen LogP contribution in [0, 0.1) is 5.82 Å². The Labute approximate surface area is 118 Å². The van der Waals surface area contributed by atoms with Crippen molar-refractivity contribution in [1.29, 1.82) is 0 Å². The lowest BCUT2D eigenvalue weighted by Gasteiger charge is -2.04. The third-order valence-electron chi connectivity index (χ3n) is 2.40. The summed E-state index contributed by atoms with van der Waals surface area (Å²) in [6.45, 7) is 4.88. The number of hydrogen-bond donors (Lipinski definition) is 1. The fraction of sp³-hybridized carbons (Fsp3) is 0.308. The second-order valence-corrected chi connectivity index (χ2v) is 6.08. The molecule has 0 radical (unpaired) electrons. The Hall–Kier alpha value is -0.780. The van der Waals surface area contributed by atoms with Crippen molar-refractivity contribution in [3.8, 4) is 10.6 Å². The average Bonchev–Trinajstić information content (AvgIpc) is 2.75. The zero-order chi connectivity index (χ0) is 13.1. The smallest absolute Gasteiger partial charge is 0.134 e. The molecule has 1 N–H and O–H groups in total. The number of nitrogens with zero attached hydrogens (tertiary/aromatic N) is 1. The molecule has 2 rings (SSSR count). The van der Waals surface area contributed by atoms with E-state index in [1.165, 1.54) is 17.4 Å². The van der Waals surface area contributed by atoms with Crippen molar-refractivity contribution < 1.29 is 4.39 Å². The summed E-state index contributed by atoms with van der Waals surface area (Å²) in [6, 6.07) is 5.45. The Balaban J connectivity index is 2.18. The third kappa shape index (κ3) is 3.37. The van der Waals surface area contributed by atoms with Crippen LogP contribution in [0.25, 0.3) is 10.6 Å². The Morgan fingerprint density at radius 3 is 2.89 bits per heavy atom. The predicted octanol–water partition coefficient (Wildman–Crippen LogP) is 4.21. The maximum atomic E-state index is 13.8. The molecule has 0 aliphatic heterocycles. The van der Waals surface area contributed by atoms with Gasteiger partial charge in [0.05, 0.1) is 5.69 Å². The van der Waals surface area contributed by atoms with E-state index < -0.39 is 0 Å². The highest BCUT2D eigenvalue weighted by Gasteiger charge is 2.10. The van der Waals surface area contributed by atoms with E-state index in [4.69, 9.17) is 0 Å². The van der Waals surface area contributed by atoms with Crippen molar-refractivity contribution in [2.45, 2.75) is 26.4 Å². The van der Waals surface area contributed by atoms with E-state index >= 15 is 0 Å². The SMILES string of the molecule is CC(C)NCc1csc(-c2ccc(Br)cc2F)n1. The normalized spacial score (nSPS) is 11.2. The maximum absolute atomic E-state index is 13.8. The summed E-state index contributed by atoms with van der Waals surface area (Å²) < 4.78 is 14.5. The van der Waals surface area contributed by atoms with Crippen LogP contribution in [0.3, 0.4) is 0 Å². The topological polar surface area (TPSA) is 24.9 Å². The van der Waals surface area contributed by atoms with Gasteiger partial charge in [-0.3, -0.25) is 0 Å². The molecule has 0 atom stereocenters. The van der Waals surface area contributed by atoms with E-state index in [-0.39, 0.29) is 5.82 Å². The first-order chi connectivity index (χ1) is 8.56. The molecule has 2 nitrogen and oxygen atoms in total. The summed E-state index contributed by atoms with van der Waals surface area (Å²) >= 11 is 4.72. The Bertz CT molecular complexity index is 540. The fourth-order valence-electron chi connectivity index (χ4n) is 1.48. The molecule has 96 valence electrons. The minimum absolute atomic E-state index is 0.248. The second kappa shape index (κ2) is 5.91. The van der Waals surface area contributed by atoms with Gasteiger partial charge in [0, 0.05) is 28.0 Å². The molecule has 5 heteroatoms. The molecule has 1 aromatic carbocycles. The number of hydrogen-bond acceptors (Lipinski definition) is 3. The minimum atomic E-state index is -0.248. The zero-order valence-electron chi connectivity index (χ0n) is 10.2. The molecule has 0 unspecified atom stereocenters. The summed E-state index contributed by atoms with van der Waals surface area (Å²) in [6.07, 6.45) is 0. The molecular weight excluding hydrogens is 315 g/mol. The molecule has 0 aliphatic rings. The summed E-state index contributed by atoms with van der Waals surface area (Å²) in [5.74, 6) is -0.248. The molecule has 0 bridgehead atoms. The van der Waals surface area contributed by atoms with Crippen LogP contribution in [0.2, 0.25) is 0 Å². The van der Waals surface area contributed by atoms with Crippen LogP contribution >= 0.6 is 27.3 Å². The Kier molecular flexibility index (Phi) is 4.48. The molecule has 0 amide bonds. The fourth-order valence-corrected chi connectivity index (χ4v) is 2.66. The van der Waals surface area contributed by atoms with Gasteiger partial charge in [-0.25, -0.2) is 9.37 Å². The third-order valence-corrected chi connectivity index (χ3v) is 3.82. The first kappa shape index (κ1) is 13.6. The van der Waals surface area contributed by atoms with Crippen LogP contribution in [-0.2, 0) is 6.54 Å². The molecule has 0 spiro atoms. The number of thiazole rings is 1. The van der Waals surface area contributed by atoms with Crippen molar-refractivity contribution in [3.05, 3.63) is 39.6 Å². The van der Waals surface area contributed by atoms with E-state index in [1.807, 2.05) is 11.4 Å². The summed E-state index contributed by atoms with van der Waals surface area (Å²) in [7, 11) is 0. The molecule has 0 saturated heterocycles. The predicted molar refractivity (Wildman–Crippen MR) is 77.2 cm³/mol. The Morgan fingerprint density at radius 2 is 2.22 bits per heavy atom. The molecule has 0 saturated carbocycles. The zero-order valence-corrected chi connectivity index (χ0v) is 12.6. The molecule has 0 fully saturated rings. The van der Waals surface area contributed by atoms with Gasteiger partial charge in [-0.15, -0.1) is 11.3 Å². The van der Waals surface area contributed by atoms with Crippen LogP contribution in [0.4, 0.5) is 4.39 Å². The molecule has 0 aliphatic carbocycles. The Morgan fingerprint density at radius 1 is 1.44 bits per heavy atom. The number of aromatic nitrogens is 1. The average molecular weight is 329 g/mol. The standard InChI is InChI=1S/C13H14BrFN2S/c1-8(2)16-6-10-7-18-13(17-10)11-4-3-9(14)5-12(11)15/h3-5,7-8,16H,6H2,1-2H3. The van der Waals surface area contributed by atoms with Gasteiger partial charge >= 0.3 is 0 Å². The lowest BCUT2D eigenvalue weighted by molar-refractivity contribution is 0.583. The van der Waals surface area contributed by atoms with Crippen molar-refractivity contribution in [1.82, 2.24) is 10.3 Å². The largest absolute Gasteiger partial charge is 0.309 e. The van der Waals surface area contributed by atoms with E-state index in [0.29, 0.717) is 18.2 Å². The van der Waals surface area contributed by atoms with Gasteiger partial charge in [0.2, 0.25) is 0 Å². The first-order valence-electron chi connectivity index (χ1n) is 5.69. The number of nitrogens with one attached hydrogen (secondary N) is 1. The van der Waals surface area contributed by atoms with Gasteiger partial charge in [0.25, 0.3) is 0 Å². The van der Waals surface area contributed by atoms with Crippen LogP contribution in [0.1, 0.15) is 19.5 Å². The first-order valence-corrected chi connectivity index (χ1v) is 7.36. The maximum Gasteiger partial charge on any atom is 0.134 e. The van der Waals surface area contributed by atoms with Crippen molar-refractivity contribution >= 4 is 27.3 Å². The van der Waals surface area contributed by atoms with E-state index in [9.17, 15) is 4.39 Å². The minimum Gasteiger partial charge on any atom is -0.309 e. The highest BCUT2D eigenvalue weighted by atomic mass is 79.9. The summed E-state index contributed by atoms with van der Waals surface area (Å²) in [4.78, 5) is 4.44. The van der Waals surface area contributed by atoms with Crippen LogP contribution in [0.5, 0.6) is 0 Å². The van der Waals surface area contributed by atoms with E-state index in [1.54, 1.807) is 6.07 Å². The van der Waals surface area contributed by atoms with Crippen LogP contribution in [0.15, 0.2) is 28.1 Å². The van der Waals surface area contributed by atoms with E-state index in [2.05, 4.69) is 40.1 Å². The van der Waals surface area contributed by atoms with Gasteiger partial charge in [0.15, 0.2) is 0 Å². The number of benzene rings is 1. The van der Waals surface area contributed by atoms with Gasteiger partial charge in [-0.2, -0.15) is 0 Å². The molecular formula is C13H14BrFN2S. The molecule has 18 heavy (non-hydrogen) atoms. The lowest BCUT2D eigenvalue weighted by Crippen LogP contribution is -2.21. The highest BCUT2D eigenvalue weighted by Crippen LogP contribution is 2.28. The van der Waals surface area contributed by atoms with Crippen molar-refractivity contribution in [2.75, 3.05) is 0 Å². The van der Waals surface area contributed by atoms with Gasteiger partial charge < -0.3 is 5.32 Å². The van der Waals surface area contributed by atoms with Crippen LogP contribution in [-0.4, -0.2) is 11.0 Å². The summed E-state index contributed by atoms with van der Waals surface area (Å²) in [5.41, 5.74) is 1.50. The quantitative estimate of drug-likeness (QED) is 0.909.